The second kappa shape index (κ2) is 7.67. The van der Waals surface area contributed by atoms with Crippen LogP contribution < -0.4 is 5.32 Å². The normalized spacial score (nSPS) is 15.3. The van der Waals surface area contributed by atoms with E-state index in [9.17, 15) is 4.79 Å². The molecule has 0 spiro atoms. The molecular weight excluding hydrogens is 214 g/mol. The summed E-state index contributed by atoms with van der Waals surface area (Å²) in [4.78, 5) is 16.1. The molecule has 0 aromatic carbocycles. The van der Waals surface area contributed by atoms with Crippen LogP contribution in [0.15, 0.2) is 0 Å². The van der Waals surface area contributed by atoms with E-state index in [1.54, 1.807) is 0 Å². The Bertz CT molecular complexity index is 227. The van der Waals surface area contributed by atoms with Gasteiger partial charge in [-0.15, -0.1) is 0 Å². The molecule has 1 N–H and O–H groups in total. The molecule has 1 saturated carbocycles. The number of hydrogen-bond acceptors (Lipinski definition) is 3. The molecular formula is C13H27N3O. The molecule has 1 rings (SSSR count). The summed E-state index contributed by atoms with van der Waals surface area (Å²) >= 11 is 0. The second-order valence-electron chi connectivity index (χ2n) is 5.11. The number of amides is 1. The summed E-state index contributed by atoms with van der Waals surface area (Å²) < 4.78 is 0. The first kappa shape index (κ1) is 14.5. The molecule has 1 fully saturated rings. The Morgan fingerprint density at radius 1 is 1.29 bits per heavy atom. The first-order valence-corrected chi connectivity index (χ1v) is 6.79. The lowest BCUT2D eigenvalue weighted by Crippen LogP contribution is -2.35. The highest BCUT2D eigenvalue weighted by Gasteiger charge is 2.20. The number of carbonyl (C=O) groups excluding carboxylic acids is 1. The van der Waals surface area contributed by atoms with Crippen molar-refractivity contribution in [2.75, 3.05) is 40.3 Å². The van der Waals surface area contributed by atoms with E-state index in [4.69, 9.17) is 0 Å². The lowest BCUT2D eigenvalue weighted by atomic mass is 10.3. The average Bonchev–Trinajstić information content (AvgIpc) is 3.07. The van der Waals surface area contributed by atoms with Crippen molar-refractivity contribution in [3.05, 3.63) is 0 Å². The molecule has 0 bridgehead atoms. The van der Waals surface area contributed by atoms with E-state index in [1.165, 1.54) is 12.8 Å². The number of hydrogen-bond donors (Lipinski definition) is 1. The Labute approximate surface area is 105 Å². The molecule has 4 nitrogen and oxygen atoms in total. The fourth-order valence-corrected chi connectivity index (χ4v) is 1.87. The van der Waals surface area contributed by atoms with Crippen molar-refractivity contribution in [1.82, 2.24) is 15.1 Å². The molecule has 4 heteroatoms. The molecule has 0 aromatic rings. The van der Waals surface area contributed by atoms with E-state index in [0.29, 0.717) is 18.4 Å². The highest BCUT2D eigenvalue weighted by atomic mass is 16.2. The van der Waals surface area contributed by atoms with Gasteiger partial charge >= 0.3 is 0 Å². The zero-order valence-corrected chi connectivity index (χ0v) is 11.5. The highest BCUT2D eigenvalue weighted by molar-refractivity contribution is 5.76. The van der Waals surface area contributed by atoms with Gasteiger partial charge < -0.3 is 15.1 Å². The molecule has 0 atom stereocenters. The average molecular weight is 241 g/mol. The van der Waals surface area contributed by atoms with E-state index in [0.717, 1.165) is 32.6 Å². The number of nitrogens with zero attached hydrogens (tertiary/aromatic N) is 2. The van der Waals surface area contributed by atoms with E-state index >= 15 is 0 Å². The van der Waals surface area contributed by atoms with Gasteiger partial charge in [0, 0.05) is 32.1 Å². The second-order valence-corrected chi connectivity index (χ2v) is 5.11. The minimum absolute atomic E-state index is 0.291. The van der Waals surface area contributed by atoms with Crippen molar-refractivity contribution in [3.63, 3.8) is 0 Å². The molecule has 0 unspecified atom stereocenters. The Balaban J connectivity index is 2.10. The van der Waals surface area contributed by atoms with Crippen LogP contribution in [0.1, 0.15) is 32.6 Å². The zero-order chi connectivity index (χ0) is 12.7. The van der Waals surface area contributed by atoms with Crippen LogP contribution in [-0.2, 0) is 4.79 Å². The van der Waals surface area contributed by atoms with Crippen molar-refractivity contribution in [1.29, 1.82) is 0 Å². The van der Waals surface area contributed by atoms with Crippen molar-refractivity contribution < 1.29 is 4.79 Å². The number of rotatable bonds is 9. The fraction of sp³-hybridized carbons (Fsp3) is 0.923. The molecule has 17 heavy (non-hydrogen) atoms. The zero-order valence-electron chi connectivity index (χ0n) is 11.5. The van der Waals surface area contributed by atoms with Crippen LogP contribution in [0.3, 0.4) is 0 Å². The molecule has 0 heterocycles. The third kappa shape index (κ3) is 6.64. The summed E-state index contributed by atoms with van der Waals surface area (Å²) in [5.74, 6) is 0.291. The van der Waals surface area contributed by atoms with Gasteiger partial charge in [0.05, 0.1) is 0 Å². The Morgan fingerprint density at radius 3 is 2.53 bits per heavy atom. The van der Waals surface area contributed by atoms with Gasteiger partial charge in [-0.3, -0.25) is 4.79 Å². The maximum Gasteiger partial charge on any atom is 0.223 e. The largest absolute Gasteiger partial charge is 0.343 e. The van der Waals surface area contributed by atoms with Crippen molar-refractivity contribution in [2.45, 2.75) is 38.6 Å². The summed E-state index contributed by atoms with van der Waals surface area (Å²) in [6, 6.07) is 0.701. The van der Waals surface area contributed by atoms with Gasteiger partial charge in [-0.1, -0.05) is 0 Å². The standard InChI is InChI=1S/C13H27N3O/c1-4-16(11-5-10-15(2)3)13(17)8-9-14-12-6-7-12/h12,14H,4-11H2,1-3H3. The topological polar surface area (TPSA) is 35.6 Å². The smallest absolute Gasteiger partial charge is 0.223 e. The minimum Gasteiger partial charge on any atom is -0.343 e. The molecule has 0 saturated heterocycles. The van der Waals surface area contributed by atoms with Gasteiger partial charge in [-0.2, -0.15) is 0 Å². The molecule has 0 aliphatic heterocycles. The van der Waals surface area contributed by atoms with Crippen LogP contribution in [-0.4, -0.2) is 62.0 Å². The Morgan fingerprint density at radius 2 is 2.00 bits per heavy atom. The van der Waals surface area contributed by atoms with Crippen molar-refractivity contribution >= 4 is 5.91 Å². The monoisotopic (exact) mass is 241 g/mol. The summed E-state index contributed by atoms with van der Waals surface area (Å²) in [6.07, 6.45) is 4.28. The van der Waals surface area contributed by atoms with Crippen LogP contribution in [0.25, 0.3) is 0 Å². The van der Waals surface area contributed by atoms with Crippen molar-refractivity contribution in [2.24, 2.45) is 0 Å². The third-order valence-corrected chi connectivity index (χ3v) is 3.12. The number of nitrogens with one attached hydrogen (secondary N) is 1. The van der Waals surface area contributed by atoms with E-state index in [2.05, 4.69) is 31.2 Å². The Hall–Kier alpha value is -0.610. The number of carbonyl (C=O) groups is 1. The van der Waals surface area contributed by atoms with Crippen molar-refractivity contribution in [3.8, 4) is 0 Å². The predicted octanol–water partition coefficient (Wildman–Crippen LogP) is 0.929. The third-order valence-electron chi connectivity index (χ3n) is 3.12. The maximum atomic E-state index is 11.9. The first-order chi connectivity index (χ1) is 8.13. The van der Waals surface area contributed by atoms with Crippen LogP contribution in [0.2, 0.25) is 0 Å². The summed E-state index contributed by atoms with van der Waals surface area (Å²) in [5.41, 5.74) is 0. The Kier molecular flexibility index (Phi) is 6.52. The summed E-state index contributed by atoms with van der Waals surface area (Å²) in [7, 11) is 4.13. The van der Waals surface area contributed by atoms with Crippen LogP contribution in [0.5, 0.6) is 0 Å². The van der Waals surface area contributed by atoms with Gasteiger partial charge in [0.1, 0.15) is 0 Å². The van der Waals surface area contributed by atoms with Crippen LogP contribution in [0, 0.1) is 0 Å². The maximum absolute atomic E-state index is 11.9. The van der Waals surface area contributed by atoms with Gasteiger partial charge in [0.25, 0.3) is 0 Å². The van der Waals surface area contributed by atoms with E-state index in [1.807, 2.05) is 4.90 Å². The van der Waals surface area contributed by atoms with Gasteiger partial charge in [-0.25, -0.2) is 0 Å². The van der Waals surface area contributed by atoms with E-state index in [-0.39, 0.29) is 0 Å². The SMILES string of the molecule is CCN(CCCN(C)C)C(=O)CCNC1CC1. The molecule has 0 aromatic heterocycles. The quantitative estimate of drug-likeness (QED) is 0.652. The van der Waals surface area contributed by atoms with Crippen LogP contribution in [0.4, 0.5) is 0 Å². The molecule has 0 radical (unpaired) electrons. The van der Waals surface area contributed by atoms with Gasteiger partial charge in [0.15, 0.2) is 0 Å². The summed E-state index contributed by atoms with van der Waals surface area (Å²) in [6.45, 7) is 5.66. The van der Waals surface area contributed by atoms with Crippen LogP contribution >= 0.6 is 0 Å². The highest BCUT2D eigenvalue weighted by Crippen LogP contribution is 2.18. The molecule has 100 valence electrons. The van der Waals surface area contributed by atoms with Gasteiger partial charge in [0.2, 0.25) is 5.91 Å². The lowest BCUT2D eigenvalue weighted by Gasteiger charge is -2.22. The summed E-state index contributed by atoms with van der Waals surface area (Å²) in [5, 5.41) is 3.39. The molecule has 1 aliphatic carbocycles. The minimum atomic E-state index is 0.291. The molecule has 1 amide bonds. The van der Waals surface area contributed by atoms with Gasteiger partial charge in [-0.05, 0) is 46.8 Å². The first-order valence-electron chi connectivity index (χ1n) is 6.79. The predicted molar refractivity (Wildman–Crippen MR) is 71.1 cm³/mol. The molecule has 1 aliphatic rings. The fourth-order valence-electron chi connectivity index (χ4n) is 1.87. The lowest BCUT2D eigenvalue weighted by molar-refractivity contribution is -0.131. The van der Waals surface area contributed by atoms with E-state index < -0.39 is 0 Å².